The molecule has 19 heavy (non-hydrogen) atoms. The van der Waals surface area contributed by atoms with E-state index in [0.717, 1.165) is 22.4 Å². The van der Waals surface area contributed by atoms with Gasteiger partial charge in [0.2, 0.25) is 0 Å². The molecule has 0 amide bonds. The normalized spacial score (nSPS) is 12.2. The Kier molecular flexibility index (Phi) is 3.93. The van der Waals surface area contributed by atoms with Gasteiger partial charge in [0.25, 0.3) is 0 Å². The highest BCUT2D eigenvalue weighted by Crippen LogP contribution is 2.28. The van der Waals surface area contributed by atoms with Gasteiger partial charge in [-0.1, -0.05) is 23.7 Å². The number of pyridine rings is 1. The molecule has 1 aromatic heterocycles. The molecule has 0 spiro atoms. The summed E-state index contributed by atoms with van der Waals surface area (Å²) in [5, 5.41) is 0.518. The molecule has 0 aliphatic rings. The monoisotopic (exact) mass is 277 g/mol. The Bertz CT molecular complexity index is 601. The Labute approximate surface area is 117 Å². The fraction of sp³-hybridized carbons (Fsp3) is 0.214. The van der Waals surface area contributed by atoms with E-state index in [4.69, 9.17) is 27.8 Å². The van der Waals surface area contributed by atoms with Gasteiger partial charge in [0.15, 0.2) is 0 Å². The number of nitrogen functional groups attached to an aromatic ring is 1. The Morgan fingerprint density at radius 3 is 2.68 bits per heavy atom. The van der Waals surface area contributed by atoms with E-state index in [2.05, 4.69) is 4.98 Å². The van der Waals surface area contributed by atoms with Gasteiger partial charge in [-0.15, -0.1) is 0 Å². The van der Waals surface area contributed by atoms with Crippen LogP contribution in [0, 0.1) is 6.92 Å². The fourth-order valence-corrected chi connectivity index (χ4v) is 2.16. The van der Waals surface area contributed by atoms with Crippen molar-refractivity contribution < 1.29 is 4.74 Å². The summed E-state index contributed by atoms with van der Waals surface area (Å²) in [5.41, 5.74) is 14.8. The van der Waals surface area contributed by atoms with Crippen molar-refractivity contribution in [1.82, 2.24) is 4.98 Å². The van der Waals surface area contributed by atoms with Crippen molar-refractivity contribution in [2.24, 2.45) is 5.73 Å². The molecule has 5 heteroatoms. The molecule has 0 aliphatic heterocycles. The number of nitrogens with zero attached hydrogens (tertiary/aromatic N) is 1. The maximum Gasteiger partial charge on any atom is 0.128 e. The standard InChI is InChI=1S/C14H16ClN3O/c1-8-5-9(3-4-12(8)19-2)13(16)11-6-10(15)7-18-14(11)17/h3-7,13H,16H2,1-2H3,(H2,17,18). The number of anilines is 1. The molecule has 0 saturated carbocycles. The number of methoxy groups -OCH3 is 1. The minimum atomic E-state index is -0.365. The summed E-state index contributed by atoms with van der Waals surface area (Å²) >= 11 is 5.93. The van der Waals surface area contributed by atoms with Crippen LogP contribution < -0.4 is 16.2 Å². The highest BCUT2D eigenvalue weighted by atomic mass is 35.5. The number of benzene rings is 1. The van der Waals surface area contributed by atoms with Crippen molar-refractivity contribution in [3.8, 4) is 5.75 Å². The van der Waals surface area contributed by atoms with Crippen LogP contribution in [-0.2, 0) is 0 Å². The van der Waals surface area contributed by atoms with Gasteiger partial charge in [0.1, 0.15) is 11.6 Å². The first-order chi connectivity index (χ1) is 9.02. The van der Waals surface area contributed by atoms with E-state index in [9.17, 15) is 0 Å². The van der Waals surface area contributed by atoms with Crippen molar-refractivity contribution >= 4 is 17.4 Å². The number of halogens is 1. The minimum absolute atomic E-state index is 0.365. The summed E-state index contributed by atoms with van der Waals surface area (Å²) in [6.45, 7) is 1.97. The van der Waals surface area contributed by atoms with Gasteiger partial charge in [-0.3, -0.25) is 0 Å². The molecule has 0 fully saturated rings. The Balaban J connectivity index is 2.41. The number of hydrogen-bond donors (Lipinski definition) is 2. The molecule has 0 aliphatic carbocycles. The molecule has 0 radical (unpaired) electrons. The maximum absolute atomic E-state index is 6.23. The summed E-state index contributed by atoms with van der Waals surface area (Å²) in [6, 6.07) is 7.16. The molecule has 2 rings (SSSR count). The molecule has 1 atom stereocenters. The topological polar surface area (TPSA) is 74.2 Å². The quantitative estimate of drug-likeness (QED) is 0.904. The molecule has 1 aromatic carbocycles. The van der Waals surface area contributed by atoms with Crippen LogP contribution in [0.25, 0.3) is 0 Å². The zero-order chi connectivity index (χ0) is 14.0. The van der Waals surface area contributed by atoms with Gasteiger partial charge in [-0.2, -0.15) is 0 Å². The number of nitrogens with two attached hydrogens (primary N) is 2. The number of ether oxygens (including phenoxy) is 1. The number of aryl methyl sites for hydroxylation is 1. The maximum atomic E-state index is 6.23. The molecular weight excluding hydrogens is 262 g/mol. The molecule has 4 N–H and O–H groups in total. The van der Waals surface area contributed by atoms with Crippen LogP contribution in [0.4, 0.5) is 5.82 Å². The second-order valence-electron chi connectivity index (χ2n) is 4.33. The van der Waals surface area contributed by atoms with Gasteiger partial charge in [0, 0.05) is 11.8 Å². The average Bonchev–Trinajstić information content (AvgIpc) is 2.40. The third-order valence-corrected chi connectivity index (χ3v) is 3.24. The summed E-state index contributed by atoms with van der Waals surface area (Å²) < 4.78 is 5.23. The van der Waals surface area contributed by atoms with Gasteiger partial charge >= 0.3 is 0 Å². The number of rotatable bonds is 3. The van der Waals surface area contributed by atoms with Crippen LogP contribution in [0.5, 0.6) is 5.75 Å². The van der Waals surface area contributed by atoms with E-state index in [1.54, 1.807) is 13.2 Å². The van der Waals surface area contributed by atoms with Gasteiger partial charge < -0.3 is 16.2 Å². The van der Waals surface area contributed by atoms with E-state index in [1.165, 1.54) is 6.20 Å². The SMILES string of the molecule is COc1ccc(C(N)c2cc(Cl)cnc2N)cc1C. The van der Waals surface area contributed by atoms with Gasteiger partial charge in [-0.25, -0.2) is 4.98 Å². The average molecular weight is 278 g/mol. The summed E-state index contributed by atoms with van der Waals surface area (Å²) in [6.07, 6.45) is 1.51. The van der Waals surface area contributed by atoms with E-state index in [1.807, 2.05) is 25.1 Å². The van der Waals surface area contributed by atoms with E-state index >= 15 is 0 Å². The molecule has 2 aromatic rings. The molecule has 1 heterocycles. The Morgan fingerprint density at radius 1 is 1.32 bits per heavy atom. The predicted octanol–water partition coefficient (Wildman–Crippen LogP) is 2.68. The van der Waals surface area contributed by atoms with Crippen LogP contribution >= 0.6 is 11.6 Å². The van der Waals surface area contributed by atoms with Gasteiger partial charge in [-0.05, 0) is 30.2 Å². The third-order valence-electron chi connectivity index (χ3n) is 3.03. The first-order valence-corrected chi connectivity index (χ1v) is 6.21. The first kappa shape index (κ1) is 13.6. The van der Waals surface area contributed by atoms with Crippen LogP contribution in [0.3, 0.4) is 0 Å². The van der Waals surface area contributed by atoms with E-state index in [-0.39, 0.29) is 6.04 Å². The van der Waals surface area contributed by atoms with Crippen molar-refractivity contribution in [2.45, 2.75) is 13.0 Å². The lowest BCUT2D eigenvalue weighted by Gasteiger charge is -2.16. The van der Waals surface area contributed by atoms with Crippen molar-refractivity contribution in [2.75, 3.05) is 12.8 Å². The van der Waals surface area contributed by atoms with Crippen LogP contribution in [0.15, 0.2) is 30.5 Å². The van der Waals surface area contributed by atoms with Gasteiger partial charge in [0.05, 0.1) is 18.2 Å². The summed E-state index contributed by atoms with van der Waals surface area (Å²) in [5.74, 6) is 1.22. The molecular formula is C14H16ClN3O. The molecule has 0 saturated heterocycles. The van der Waals surface area contributed by atoms with E-state index in [0.29, 0.717) is 10.8 Å². The van der Waals surface area contributed by atoms with Crippen molar-refractivity contribution in [3.05, 3.63) is 52.2 Å². The lowest BCUT2D eigenvalue weighted by Crippen LogP contribution is -2.15. The largest absolute Gasteiger partial charge is 0.496 e. The highest BCUT2D eigenvalue weighted by molar-refractivity contribution is 6.30. The number of hydrogen-bond acceptors (Lipinski definition) is 4. The lowest BCUT2D eigenvalue weighted by molar-refractivity contribution is 0.411. The van der Waals surface area contributed by atoms with E-state index < -0.39 is 0 Å². The third kappa shape index (κ3) is 2.80. The second kappa shape index (κ2) is 5.47. The Hall–Kier alpha value is -1.78. The molecule has 1 unspecified atom stereocenters. The summed E-state index contributed by atoms with van der Waals surface area (Å²) in [4.78, 5) is 4.02. The fourth-order valence-electron chi connectivity index (χ4n) is 1.99. The molecule has 4 nitrogen and oxygen atoms in total. The molecule has 0 bridgehead atoms. The zero-order valence-electron chi connectivity index (χ0n) is 10.9. The van der Waals surface area contributed by atoms with Crippen molar-refractivity contribution in [3.63, 3.8) is 0 Å². The first-order valence-electron chi connectivity index (χ1n) is 5.84. The van der Waals surface area contributed by atoms with Crippen LogP contribution in [0.2, 0.25) is 5.02 Å². The molecule has 100 valence electrons. The zero-order valence-corrected chi connectivity index (χ0v) is 11.6. The Morgan fingerprint density at radius 2 is 2.05 bits per heavy atom. The minimum Gasteiger partial charge on any atom is -0.496 e. The second-order valence-corrected chi connectivity index (χ2v) is 4.77. The number of aromatic nitrogens is 1. The smallest absolute Gasteiger partial charge is 0.128 e. The highest BCUT2D eigenvalue weighted by Gasteiger charge is 2.14. The van der Waals surface area contributed by atoms with Crippen LogP contribution in [-0.4, -0.2) is 12.1 Å². The summed E-state index contributed by atoms with van der Waals surface area (Å²) in [7, 11) is 1.64. The predicted molar refractivity (Wildman–Crippen MR) is 77.4 cm³/mol. The van der Waals surface area contributed by atoms with Crippen LogP contribution in [0.1, 0.15) is 22.7 Å². The van der Waals surface area contributed by atoms with Crippen molar-refractivity contribution in [1.29, 1.82) is 0 Å². The lowest BCUT2D eigenvalue weighted by atomic mass is 9.98.